The molecule has 0 spiro atoms. The number of nitrogens with one attached hydrogen (secondary N) is 2. The van der Waals surface area contributed by atoms with Crippen LogP contribution in [-0.4, -0.2) is 24.3 Å². The van der Waals surface area contributed by atoms with E-state index in [1.54, 1.807) is 35.2 Å². The number of hydrogen-bond acceptors (Lipinski definition) is 3. The Bertz CT molecular complexity index is 805. The van der Waals surface area contributed by atoms with E-state index in [0.717, 1.165) is 11.3 Å². The molecule has 128 valence electrons. The van der Waals surface area contributed by atoms with Gasteiger partial charge in [-0.25, -0.2) is 0 Å². The van der Waals surface area contributed by atoms with E-state index in [9.17, 15) is 14.4 Å². The summed E-state index contributed by atoms with van der Waals surface area (Å²) in [6, 6.07) is 16.2. The topological polar surface area (TPSA) is 78.5 Å². The molecule has 0 aliphatic carbocycles. The van der Waals surface area contributed by atoms with Crippen LogP contribution < -0.4 is 15.8 Å². The molecule has 0 bridgehead atoms. The third-order valence-electron chi connectivity index (χ3n) is 4.14. The van der Waals surface area contributed by atoms with Gasteiger partial charge in [0.15, 0.2) is 0 Å². The Morgan fingerprint density at radius 3 is 2.52 bits per heavy atom. The van der Waals surface area contributed by atoms with Gasteiger partial charge in [-0.3, -0.25) is 25.2 Å². The van der Waals surface area contributed by atoms with Crippen LogP contribution in [0.15, 0.2) is 54.6 Å². The number of carbonyl (C=O) groups excluding carboxylic acids is 3. The van der Waals surface area contributed by atoms with Gasteiger partial charge in [0.25, 0.3) is 5.91 Å². The Morgan fingerprint density at radius 2 is 1.80 bits per heavy atom. The van der Waals surface area contributed by atoms with Gasteiger partial charge in [-0.15, -0.1) is 0 Å². The number of benzene rings is 2. The molecule has 0 aromatic heterocycles. The molecule has 6 nitrogen and oxygen atoms in total. The molecule has 0 radical (unpaired) electrons. The third kappa shape index (κ3) is 3.85. The number of nitrogens with zero attached hydrogens (tertiary/aromatic N) is 1. The first-order valence-electron chi connectivity index (χ1n) is 8.07. The summed E-state index contributed by atoms with van der Waals surface area (Å²) in [5, 5.41) is 0. The van der Waals surface area contributed by atoms with Crippen molar-refractivity contribution >= 4 is 23.4 Å². The average Bonchev–Trinajstić information content (AvgIpc) is 3.02. The highest BCUT2D eigenvalue weighted by molar-refractivity contribution is 6.01. The van der Waals surface area contributed by atoms with Gasteiger partial charge in [-0.05, 0) is 36.8 Å². The normalized spacial score (nSPS) is 16.6. The highest BCUT2D eigenvalue weighted by atomic mass is 16.2. The highest BCUT2D eigenvalue weighted by Crippen LogP contribution is 2.25. The molecule has 3 rings (SSSR count). The van der Waals surface area contributed by atoms with Crippen molar-refractivity contribution in [3.8, 4) is 0 Å². The summed E-state index contributed by atoms with van der Waals surface area (Å²) >= 11 is 0. The molecule has 1 aliphatic heterocycles. The first-order valence-corrected chi connectivity index (χ1v) is 8.07. The lowest BCUT2D eigenvalue weighted by Crippen LogP contribution is -2.45. The number of hydrogen-bond donors (Lipinski definition) is 2. The summed E-state index contributed by atoms with van der Waals surface area (Å²) in [4.78, 5) is 38.0. The Kier molecular flexibility index (Phi) is 4.79. The molecule has 2 aromatic carbocycles. The number of aryl methyl sites for hydroxylation is 1. The maximum atomic E-state index is 12.3. The van der Waals surface area contributed by atoms with Crippen LogP contribution >= 0.6 is 0 Å². The molecule has 1 atom stereocenters. The van der Waals surface area contributed by atoms with E-state index in [2.05, 4.69) is 10.9 Å². The second kappa shape index (κ2) is 7.17. The van der Waals surface area contributed by atoms with Crippen LogP contribution in [0.1, 0.15) is 22.3 Å². The van der Waals surface area contributed by atoms with Crippen LogP contribution in [0.2, 0.25) is 0 Å². The van der Waals surface area contributed by atoms with Crippen molar-refractivity contribution < 1.29 is 14.4 Å². The van der Waals surface area contributed by atoms with Crippen molar-refractivity contribution in [2.24, 2.45) is 5.92 Å². The van der Waals surface area contributed by atoms with Gasteiger partial charge in [0, 0.05) is 24.2 Å². The number of amides is 3. The molecule has 1 heterocycles. The fourth-order valence-corrected chi connectivity index (χ4v) is 2.81. The summed E-state index contributed by atoms with van der Waals surface area (Å²) in [7, 11) is 0. The van der Waals surface area contributed by atoms with Gasteiger partial charge < -0.3 is 4.90 Å². The summed E-state index contributed by atoms with van der Waals surface area (Å²) in [6.07, 6.45) is 0.126. The predicted octanol–water partition coefficient (Wildman–Crippen LogP) is 1.81. The molecule has 1 saturated heterocycles. The van der Waals surface area contributed by atoms with E-state index in [-0.39, 0.29) is 18.2 Å². The average molecular weight is 337 g/mol. The quantitative estimate of drug-likeness (QED) is 0.839. The summed E-state index contributed by atoms with van der Waals surface area (Å²) in [6.45, 7) is 2.25. The predicted molar refractivity (Wildman–Crippen MR) is 93.7 cm³/mol. The van der Waals surface area contributed by atoms with E-state index in [4.69, 9.17) is 0 Å². The monoisotopic (exact) mass is 337 g/mol. The summed E-state index contributed by atoms with van der Waals surface area (Å²) < 4.78 is 0. The first kappa shape index (κ1) is 16.7. The van der Waals surface area contributed by atoms with Crippen LogP contribution in [0, 0.1) is 12.8 Å². The van der Waals surface area contributed by atoms with Gasteiger partial charge in [-0.1, -0.05) is 30.3 Å². The van der Waals surface area contributed by atoms with Crippen molar-refractivity contribution in [2.75, 3.05) is 11.4 Å². The van der Waals surface area contributed by atoms with E-state index in [1.165, 1.54) is 0 Å². The zero-order chi connectivity index (χ0) is 17.8. The molecular formula is C19H19N3O3. The van der Waals surface area contributed by atoms with Crippen molar-refractivity contribution in [3.05, 3.63) is 65.7 Å². The molecule has 6 heteroatoms. The summed E-state index contributed by atoms with van der Waals surface area (Å²) in [5.41, 5.74) is 7.08. The van der Waals surface area contributed by atoms with Crippen molar-refractivity contribution in [2.45, 2.75) is 13.3 Å². The minimum atomic E-state index is -0.496. The fourth-order valence-electron chi connectivity index (χ4n) is 2.81. The fraction of sp³-hybridized carbons (Fsp3) is 0.211. The van der Waals surface area contributed by atoms with Crippen LogP contribution in [-0.2, 0) is 9.59 Å². The molecule has 1 fully saturated rings. The standard InChI is InChI=1S/C19H19N3O3/c1-13-6-5-9-16(10-13)22-12-15(11-17(22)23)19(25)21-20-18(24)14-7-3-2-4-8-14/h2-10,15H,11-12H2,1H3,(H,20,24)(H,21,25)/t15-/m1/s1. The van der Waals surface area contributed by atoms with Gasteiger partial charge in [-0.2, -0.15) is 0 Å². The molecule has 0 saturated carbocycles. The number of carbonyl (C=O) groups is 3. The van der Waals surface area contributed by atoms with E-state index in [1.807, 2.05) is 31.2 Å². The molecule has 1 aliphatic rings. The number of hydrazine groups is 1. The maximum Gasteiger partial charge on any atom is 0.269 e. The van der Waals surface area contributed by atoms with Gasteiger partial charge >= 0.3 is 0 Å². The smallest absolute Gasteiger partial charge is 0.269 e. The molecule has 2 N–H and O–H groups in total. The second-order valence-electron chi connectivity index (χ2n) is 6.05. The Labute approximate surface area is 145 Å². The summed E-state index contributed by atoms with van der Waals surface area (Å²) in [5.74, 6) is -1.36. The van der Waals surface area contributed by atoms with E-state index >= 15 is 0 Å². The van der Waals surface area contributed by atoms with Crippen LogP contribution in [0.4, 0.5) is 5.69 Å². The first-order chi connectivity index (χ1) is 12.0. The zero-order valence-electron chi connectivity index (χ0n) is 13.9. The molecular weight excluding hydrogens is 318 g/mol. The molecule has 0 unspecified atom stereocenters. The van der Waals surface area contributed by atoms with Crippen molar-refractivity contribution in [1.29, 1.82) is 0 Å². The minimum absolute atomic E-state index is 0.0971. The van der Waals surface area contributed by atoms with Crippen LogP contribution in [0.5, 0.6) is 0 Å². The highest BCUT2D eigenvalue weighted by Gasteiger charge is 2.35. The van der Waals surface area contributed by atoms with Gasteiger partial charge in [0.2, 0.25) is 11.8 Å². The second-order valence-corrected chi connectivity index (χ2v) is 6.05. The minimum Gasteiger partial charge on any atom is -0.312 e. The zero-order valence-corrected chi connectivity index (χ0v) is 13.9. The van der Waals surface area contributed by atoms with Crippen LogP contribution in [0.3, 0.4) is 0 Å². The Hall–Kier alpha value is -3.15. The van der Waals surface area contributed by atoms with Gasteiger partial charge in [0.05, 0.1) is 5.92 Å². The van der Waals surface area contributed by atoms with E-state index < -0.39 is 11.8 Å². The lowest BCUT2D eigenvalue weighted by atomic mass is 10.1. The molecule has 2 aromatic rings. The maximum absolute atomic E-state index is 12.3. The van der Waals surface area contributed by atoms with Crippen molar-refractivity contribution in [3.63, 3.8) is 0 Å². The number of anilines is 1. The molecule has 25 heavy (non-hydrogen) atoms. The van der Waals surface area contributed by atoms with E-state index in [0.29, 0.717) is 12.1 Å². The third-order valence-corrected chi connectivity index (χ3v) is 4.14. The largest absolute Gasteiger partial charge is 0.312 e. The Morgan fingerprint density at radius 1 is 1.04 bits per heavy atom. The number of rotatable bonds is 3. The SMILES string of the molecule is Cc1cccc(N2C[C@H](C(=O)NNC(=O)c3ccccc3)CC2=O)c1. The Balaban J connectivity index is 1.58. The van der Waals surface area contributed by atoms with Crippen molar-refractivity contribution in [1.82, 2.24) is 10.9 Å². The van der Waals surface area contributed by atoms with Gasteiger partial charge in [0.1, 0.15) is 0 Å². The lowest BCUT2D eigenvalue weighted by Gasteiger charge is -2.17. The lowest BCUT2D eigenvalue weighted by molar-refractivity contribution is -0.126. The van der Waals surface area contributed by atoms with Crippen LogP contribution in [0.25, 0.3) is 0 Å². The molecule has 3 amide bonds.